The molecule has 0 spiro atoms. The lowest BCUT2D eigenvalue weighted by Gasteiger charge is -2.25. The van der Waals surface area contributed by atoms with Crippen LogP contribution in [0.5, 0.6) is 0 Å². The molecule has 1 aromatic carbocycles. The van der Waals surface area contributed by atoms with Crippen molar-refractivity contribution in [1.82, 2.24) is 9.88 Å². The van der Waals surface area contributed by atoms with Gasteiger partial charge >= 0.3 is 5.97 Å². The monoisotopic (exact) mass is 324 g/mol. The van der Waals surface area contributed by atoms with Gasteiger partial charge in [-0.1, -0.05) is 30.3 Å². The summed E-state index contributed by atoms with van der Waals surface area (Å²) < 4.78 is 0. The fourth-order valence-electron chi connectivity index (χ4n) is 3.41. The van der Waals surface area contributed by atoms with Crippen molar-refractivity contribution < 1.29 is 9.90 Å². The van der Waals surface area contributed by atoms with E-state index >= 15 is 0 Å². The number of aromatic nitrogens is 1. The summed E-state index contributed by atoms with van der Waals surface area (Å²) in [7, 11) is 0. The third-order valence-corrected chi connectivity index (χ3v) is 4.76. The molecule has 1 aliphatic heterocycles. The number of likely N-dealkylation sites (tertiary alicyclic amines) is 1. The second-order valence-corrected chi connectivity index (χ2v) is 6.50. The number of aliphatic carboxylic acids is 1. The van der Waals surface area contributed by atoms with E-state index in [1.54, 1.807) is 0 Å². The first-order valence-electron chi connectivity index (χ1n) is 8.59. The second-order valence-electron chi connectivity index (χ2n) is 6.50. The Hall–Kier alpha value is -2.20. The van der Waals surface area contributed by atoms with Gasteiger partial charge in [0.05, 0.1) is 18.2 Å². The fourth-order valence-corrected chi connectivity index (χ4v) is 3.41. The van der Waals surface area contributed by atoms with Crippen molar-refractivity contribution >= 4 is 5.97 Å². The topological polar surface area (TPSA) is 53.4 Å². The van der Waals surface area contributed by atoms with Crippen LogP contribution in [0, 0.1) is 6.92 Å². The maximum atomic E-state index is 10.8. The van der Waals surface area contributed by atoms with Gasteiger partial charge in [-0.2, -0.15) is 0 Å². The van der Waals surface area contributed by atoms with E-state index < -0.39 is 5.97 Å². The Kier molecular flexibility index (Phi) is 5.26. The van der Waals surface area contributed by atoms with Crippen LogP contribution in [-0.4, -0.2) is 27.5 Å². The molecule has 0 aliphatic carbocycles. The van der Waals surface area contributed by atoms with Crippen LogP contribution in [0.25, 0.3) is 0 Å². The Labute approximate surface area is 143 Å². The average molecular weight is 324 g/mol. The average Bonchev–Trinajstić information content (AvgIpc) is 3.03. The number of benzene rings is 1. The number of carbonyl (C=O) groups is 1. The van der Waals surface area contributed by atoms with Crippen LogP contribution in [0.2, 0.25) is 0 Å². The van der Waals surface area contributed by atoms with E-state index in [2.05, 4.69) is 42.2 Å². The number of pyridine rings is 1. The quantitative estimate of drug-likeness (QED) is 0.879. The van der Waals surface area contributed by atoms with E-state index in [0.717, 1.165) is 30.9 Å². The molecular weight excluding hydrogens is 300 g/mol. The first-order valence-corrected chi connectivity index (χ1v) is 8.59. The van der Waals surface area contributed by atoms with Crippen molar-refractivity contribution in [1.29, 1.82) is 0 Å². The molecule has 24 heavy (non-hydrogen) atoms. The smallest absolute Gasteiger partial charge is 0.303 e. The molecule has 1 N–H and O–H groups in total. The van der Waals surface area contributed by atoms with Gasteiger partial charge in [-0.25, -0.2) is 0 Å². The Balaban J connectivity index is 1.74. The molecule has 0 saturated carbocycles. The highest BCUT2D eigenvalue weighted by molar-refractivity contribution is 5.66. The van der Waals surface area contributed by atoms with Crippen LogP contribution in [-0.2, 0) is 17.8 Å². The summed E-state index contributed by atoms with van der Waals surface area (Å²) in [5, 5.41) is 8.85. The molecule has 3 rings (SSSR count). The third kappa shape index (κ3) is 4.01. The molecule has 0 radical (unpaired) electrons. The number of hydrogen-bond donors (Lipinski definition) is 1. The fraction of sp³-hybridized carbons (Fsp3) is 0.400. The Morgan fingerprint density at radius 2 is 2.08 bits per heavy atom. The van der Waals surface area contributed by atoms with Gasteiger partial charge in [0.2, 0.25) is 0 Å². The molecule has 1 aromatic heterocycles. The van der Waals surface area contributed by atoms with Crippen molar-refractivity contribution in [2.75, 3.05) is 6.54 Å². The van der Waals surface area contributed by atoms with Crippen LogP contribution in [0.3, 0.4) is 0 Å². The zero-order chi connectivity index (χ0) is 16.9. The first kappa shape index (κ1) is 16.7. The van der Waals surface area contributed by atoms with E-state index in [1.807, 2.05) is 12.1 Å². The van der Waals surface area contributed by atoms with E-state index in [-0.39, 0.29) is 6.42 Å². The minimum atomic E-state index is -0.774. The minimum Gasteiger partial charge on any atom is -0.481 e. The van der Waals surface area contributed by atoms with Crippen LogP contribution in [0.1, 0.15) is 47.8 Å². The highest BCUT2D eigenvalue weighted by Crippen LogP contribution is 2.32. The molecule has 2 aromatic rings. The van der Waals surface area contributed by atoms with Gasteiger partial charge in [-0.3, -0.25) is 14.7 Å². The van der Waals surface area contributed by atoms with Gasteiger partial charge in [0.15, 0.2) is 0 Å². The van der Waals surface area contributed by atoms with E-state index in [1.165, 1.54) is 17.5 Å². The number of rotatable bonds is 6. The Bertz CT molecular complexity index is 714. The highest BCUT2D eigenvalue weighted by Gasteiger charge is 2.27. The van der Waals surface area contributed by atoms with Crippen LogP contribution < -0.4 is 0 Å². The lowest BCUT2D eigenvalue weighted by molar-refractivity contribution is -0.136. The molecule has 4 heteroatoms. The van der Waals surface area contributed by atoms with Crippen LogP contribution in [0.4, 0.5) is 0 Å². The SMILES string of the molecule is Cc1ccccc1CN1CCC[C@H]1c1cccc(CCC(=O)O)n1. The lowest BCUT2D eigenvalue weighted by Crippen LogP contribution is -2.24. The first-order chi connectivity index (χ1) is 11.6. The molecule has 1 saturated heterocycles. The number of hydrogen-bond acceptors (Lipinski definition) is 3. The van der Waals surface area contributed by atoms with Gasteiger partial charge in [-0.05, 0) is 49.6 Å². The zero-order valence-corrected chi connectivity index (χ0v) is 14.1. The van der Waals surface area contributed by atoms with Crippen molar-refractivity contribution in [2.45, 2.75) is 45.2 Å². The highest BCUT2D eigenvalue weighted by atomic mass is 16.4. The number of aryl methyl sites for hydroxylation is 2. The predicted octanol–water partition coefficient (Wildman–Crippen LogP) is 3.74. The Morgan fingerprint density at radius 3 is 2.88 bits per heavy atom. The summed E-state index contributed by atoms with van der Waals surface area (Å²) in [4.78, 5) is 18.0. The van der Waals surface area contributed by atoms with E-state index in [4.69, 9.17) is 10.1 Å². The van der Waals surface area contributed by atoms with Crippen molar-refractivity contribution in [3.63, 3.8) is 0 Å². The molecule has 0 bridgehead atoms. The molecule has 0 amide bonds. The number of carboxylic acids is 1. The van der Waals surface area contributed by atoms with E-state index in [0.29, 0.717) is 12.5 Å². The summed E-state index contributed by atoms with van der Waals surface area (Å²) in [6.07, 6.45) is 2.92. The molecule has 2 heterocycles. The third-order valence-electron chi connectivity index (χ3n) is 4.76. The molecule has 126 valence electrons. The summed E-state index contributed by atoms with van der Waals surface area (Å²) in [5.74, 6) is -0.774. The van der Waals surface area contributed by atoms with Gasteiger partial charge < -0.3 is 5.11 Å². The van der Waals surface area contributed by atoms with Crippen LogP contribution in [0.15, 0.2) is 42.5 Å². The predicted molar refractivity (Wildman–Crippen MR) is 93.8 cm³/mol. The van der Waals surface area contributed by atoms with Gasteiger partial charge in [0.1, 0.15) is 0 Å². The van der Waals surface area contributed by atoms with Crippen molar-refractivity contribution in [3.05, 3.63) is 65.0 Å². The normalized spacial score (nSPS) is 18.0. The van der Waals surface area contributed by atoms with Crippen molar-refractivity contribution in [3.8, 4) is 0 Å². The summed E-state index contributed by atoms with van der Waals surface area (Å²) in [5.41, 5.74) is 4.64. The number of carboxylic acid groups (broad SMARTS) is 1. The maximum Gasteiger partial charge on any atom is 0.303 e. The van der Waals surface area contributed by atoms with Gasteiger partial charge in [0.25, 0.3) is 0 Å². The van der Waals surface area contributed by atoms with Crippen LogP contribution >= 0.6 is 0 Å². The largest absolute Gasteiger partial charge is 0.481 e. The summed E-state index contributed by atoms with van der Waals surface area (Å²) in [6.45, 7) is 4.18. The van der Waals surface area contributed by atoms with Crippen molar-refractivity contribution in [2.24, 2.45) is 0 Å². The van der Waals surface area contributed by atoms with E-state index in [9.17, 15) is 4.79 Å². The standard InChI is InChI=1S/C20H24N2O2/c1-15-6-2-3-7-16(15)14-22-13-5-10-19(22)18-9-4-8-17(21-18)11-12-20(23)24/h2-4,6-9,19H,5,10-14H2,1H3,(H,23,24)/t19-/m0/s1. The summed E-state index contributed by atoms with van der Waals surface area (Å²) in [6, 6.07) is 14.9. The number of nitrogens with zero attached hydrogens (tertiary/aromatic N) is 2. The zero-order valence-electron chi connectivity index (χ0n) is 14.1. The second kappa shape index (κ2) is 7.58. The molecule has 1 aliphatic rings. The molecule has 1 fully saturated rings. The minimum absolute atomic E-state index is 0.133. The molecule has 1 atom stereocenters. The molecular formula is C20H24N2O2. The maximum absolute atomic E-state index is 10.8. The van der Waals surface area contributed by atoms with Gasteiger partial charge in [-0.15, -0.1) is 0 Å². The Morgan fingerprint density at radius 1 is 1.25 bits per heavy atom. The summed E-state index contributed by atoms with van der Waals surface area (Å²) >= 11 is 0. The van der Waals surface area contributed by atoms with Gasteiger partial charge in [0, 0.05) is 18.7 Å². The molecule has 4 nitrogen and oxygen atoms in total. The lowest BCUT2D eigenvalue weighted by atomic mass is 10.1. The molecule has 0 unspecified atom stereocenters.